The highest BCUT2D eigenvalue weighted by atomic mass is 16.5. The lowest BCUT2D eigenvalue weighted by Crippen LogP contribution is -2.27. The summed E-state index contributed by atoms with van der Waals surface area (Å²) in [5.41, 5.74) is 5.52. The third-order valence-corrected chi connectivity index (χ3v) is 5.82. The maximum absolute atomic E-state index is 12.7. The van der Waals surface area contributed by atoms with E-state index in [1.165, 1.54) is 0 Å². The van der Waals surface area contributed by atoms with Gasteiger partial charge in [-0.3, -0.25) is 4.79 Å². The summed E-state index contributed by atoms with van der Waals surface area (Å²) in [6, 6.07) is 5.91. The summed E-state index contributed by atoms with van der Waals surface area (Å²) in [5.74, 6) is 0.217. The van der Waals surface area contributed by atoms with Crippen molar-refractivity contribution in [2.45, 2.75) is 45.6 Å². The van der Waals surface area contributed by atoms with Crippen LogP contribution in [0.5, 0.6) is 0 Å². The molecule has 146 valence electrons. The second kappa shape index (κ2) is 7.10. The van der Waals surface area contributed by atoms with Gasteiger partial charge in [0.05, 0.1) is 18.4 Å². The van der Waals surface area contributed by atoms with E-state index in [1.807, 2.05) is 29.8 Å². The second-order valence-corrected chi connectivity index (χ2v) is 8.78. The number of aromatic nitrogens is 1. The van der Waals surface area contributed by atoms with Crippen LogP contribution in [0.4, 0.5) is 11.4 Å². The van der Waals surface area contributed by atoms with E-state index in [0.717, 1.165) is 53.9 Å². The first-order chi connectivity index (χ1) is 13.4. The molecule has 0 amide bonds. The smallest absolute Gasteiger partial charge is 0.209 e. The SMILES string of the molecule is [C-]#[N+]c1ccc(-c2cn(C)c3c2CC(C)(C)CC3=O)cc1NCC1CCCO1. The van der Waals surface area contributed by atoms with Gasteiger partial charge in [-0.2, -0.15) is 0 Å². The number of ether oxygens (including phenoxy) is 1. The third kappa shape index (κ3) is 3.45. The normalized spacial score (nSPS) is 20.6. The number of anilines is 1. The Balaban J connectivity index is 1.70. The standard InChI is InChI=1S/C23H27N3O2/c1-23(2)11-17-18(14-26(4)22(17)21(27)12-23)15-7-8-19(24-3)20(10-15)25-13-16-6-5-9-28-16/h7-8,10,14,16,25H,5-6,9,11-13H2,1-2,4H3. The van der Waals surface area contributed by atoms with Gasteiger partial charge in [-0.1, -0.05) is 26.0 Å². The number of carbonyl (C=O) groups excluding carboxylic acids is 1. The van der Waals surface area contributed by atoms with Crippen molar-refractivity contribution in [1.82, 2.24) is 4.57 Å². The summed E-state index contributed by atoms with van der Waals surface area (Å²) in [7, 11) is 1.95. The molecule has 0 saturated carbocycles. The van der Waals surface area contributed by atoms with Crippen LogP contribution in [0.25, 0.3) is 16.0 Å². The summed E-state index contributed by atoms with van der Waals surface area (Å²) < 4.78 is 7.66. The molecule has 1 N–H and O–H groups in total. The fourth-order valence-corrected chi connectivity index (χ4v) is 4.50. The molecule has 4 rings (SSSR count). The van der Waals surface area contributed by atoms with E-state index in [4.69, 9.17) is 11.3 Å². The largest absolute Gasteiger partial charge is 0.391 e. The van der Waals surface area contributed by atoms with Crippen molar-refractivity contribution in [1.29, 1.82) is 0 Å². The van der Waals surface area contributed by atoms with E-state index in [2.05, 4.69) is 30.2 Å². The number of rotatable bonds is 4. The van der Waals surface area contributed by atoms with Crippen LogP contribution in [0.2, 0.25) is 0 Å². The number of Topliss-reactive ketones (excluding diaryl/α,β-unsaturated/α-hetero) is 1. The first-order valence-electron chi connectivity index (χ1n) is 9.97. The molecule has 2 aromatic rings. The predicted molar refractivity (Wildman–Crippen MR) is 111 cm³/mol. The molecule has 0 radical (unpaired) electrons. The Morgan fingerprint density at radius 2 is 2.18 bits per heavy atom. The van der Waals surface area contributed by atoms with Crippen molar-refractivity contribution in [3.8, 4) is 11.1 Å². The Bertz CT molecular complexity index is 959. The molecule has 2 aliphatic rings. The van der Waals surface area contributed by atoms with Crippen molar-refractivity contribution in [2.75, 3.05) is 18.5 Å². The molecule has 1 aliphatic heterocycles. The Hall–Kier alpha value is -2.58. The molecule has 28 heavy (non-hydrogen) atoms. The molecule has 5 nitrogen and oxygen atoms in total. The third-order valence-electron chi connectivity index (χ3n) is 5.82. The summed E-state index contributed by atoms with van der Waals surface area (Å²) in [6.07, 6.45) is 5.90. The van der Waals surface area contributed by atoms with Gasteiger partial charge in [0.1, 0.15) is 0 Å². The molecule has 1 atom stereocenters. The van der Waals surface area contributed by atoms with Crippen LogP contribution < -0.4 is 5.32 Å². The Morgan fingerprint density at radius 3 is 2.89 bits per heavy atom. The maximum Gasteiger partial charge on any atom is 0.209 e. The fraction of sp³-hybridized carbons (Fsp3) is 0.478. The Kier molecular flexibility index (Phi) is 4.76. The average Bonchev–Trinajstić information content (AvgIpc) is 3.26. The van der Waals surface area contributed by atoms with Crippen LogP contribution in [-0.4, -0.2) is 29.6 Å². The van der Waals surface area contributed by atoms with Crippen LogP contribution >= 0.6 is 0 Å². The number of aryl methyl sites for hydroxylation is 1. The number of nitrogens with one attached hydrogen (secondary N) is 1. The zero-order valence-corrected chi connectivity index (χ0v) is 16.8. The molecular weight excluding hydrogens is 350 g/mol. The van der Waals surface area contributed by atoms with Crippen molar-refractivity contribution in [2.24, 2.45) is 12.5 Å². The molecular formula is C23H27N3O2. The predicted octanol–water partition coefficient (Wildman–Crippen LogP) is 4.99. The molecule has 1 aliphatic carbocycles. The Morgan fingerprint density at radius 1 is 1.36 bits per heavy atom. The van der Waals surface area contributed by atoms with Gasteiger partial charge in [-0.25, -0.2) is 4.85 Å². The number of hydrogen-bond donors (Lipinski definition) is 1. The van der Waals surface area contributed by atoms with Gasteiger partial charge in [-0.05, 0) is 41.9 Å². The molecule has 0 spiro atoms. The van der Waals surface area contributed by atoms with Crippen LogP contribution in [0.1, 0.15) is 49.2 Å². The topological polar surface area (TPSA) is 47.6 Å². The highest BCUT2D eigenvalue weighted by Crippen LogP contribution is 2.41. The van der Waals surface area contributed by atoms with Crippen molar-refractivity contribution >= 4 is 17.2 Å². The zero-order chi connectivity index (χ0) is 19.9. The zero-order valence-electron chi connectivity index (χ0n) is 16.8. The molecule has 0 bridgehead atoms. The van der Waals surface area contributed by atoms with Gasteiger partial charge in [0.25, 0.3) is 0 Å². The second-order valence-electron chi connectivity index (χ2n) is 8.78. The molecule has 5 heteroatoms. The summed E-state index contributed by atoms with van der Waals surface area (Å²) in [6.45, 7) is 13.3. The highest BCUT2D eigenvalue weighted by molar-refractivity contribution is 6.00. The van der Waals surface area contributed by atoms with Gasteiger partial charge < -0.3 is 14.6 Å². The number of carbonyl (C=O) groups is 1. The first kappa shape index (κ1) is 18.8. The Labute approximate surface area is 166 Å². The van der Waals surface area contributed by atoms with Crippen LogP contribution in [0.15, 0.2) is 24.4 Å². The van der Waals surface area contributed by atoms with E-state index in [-0.39, 0.29) is 17.3 Å². The molecule has 2 heterocycles. The number of nitrogens with zero attached hydrogens (tertiary/aromatic N) is 2. The lowest BCUT2D eigenvalue weighted by molar-refractivity contribution is 0.0903. The molecule has 1 fully saturated rings. The van der Waals surface area contributed by atoms with Gasteiger partial charge in [0.2, 0.25) is 5.69 Å². The maximum atomic E-state index is 12.7. The summed E-state index contributed by atoms with van der Waals surface area (Å²) in [5, 5.41) is 3.42. The van der Waals surface area contributed by atoms with Crippen molar-refractivity contribution in [3.63, 3.8) is 0 Å². The van der Waals surface area contributed by atoms with Crippen molar-refractivity contribution < 1.29 is 9.53 Å². The number of ketones is 1. The molecule has 1 aromatic carbocycles. The van der Waals surface area contributed by atoms with E-state index >= 15 is 0 Å². The highest BCUT2D eigenvalue weighted by Gasteiger charge is 2.35. The minimum Gasteiger partial charge on any atom is -0.391 e. The van der Waals surface area contributed by atoms with Crippen molar-refractivity contribution in [3.05, 3.63) is 47.1 Å². The monoisotopic (exact) mass is 377 g/mol. The molecule has 1 aromatic heterocycles. The van der Waals surface area contributed by atoms with Gasteiger partial charge >= 0.3 is 0 Å². The fourth-order valence-electron chi connectivity index (χ4n) is 4.50. The summed E-state index contributed by atoms with van der Waals surface area (Å²) >= 11 is 0. The van der Waals surface area contributed by atoms with E-state index in [0.29, 0.717) is 18.7 Å². The van der Waals surface area contributed by atoms with Gasteiger partial charge in [0.15, 0.2) is 5.78 Å². The molecule has 1 unspecified atom stereocenters. The number of hydrogen-bond acceptors (Lipinski definition) is 3. The lowest BCUT2D eigenvalue weighted by atomic mass is 9.74. The quantitative estimate of drug-likeness (QED) is 0.764. The van der Waals surface area contributed by atoms with E-state index in [1.54, 1.807) is 0 Å². The van der Waals surface area contributed by atoms with Gasteiger partial charge in [0, 0.05) is 44.1 Å². The van der Waals surface area contributed by atoms with Crippen LogP contribution in [-0.2, 0) is 18.2 Å². The first-order valence-corrected chi connectivity index (χ1v) is 9.97. The van der Waals surface area contributed by atoms with Crippen LogP contribution in [0, 0.1) is 12.0 Å². The minimum atomic E-state index is -0.0302. The van der Waals surface area contributed by atoms with E-state index < -0.39 is 0 Å². The lowest BCUT2D eigenvalue weighted by Gasteiger charge is -2.29. The summed E-state index contributed by atoms with van der Waals surface area (Å²) in [4.78, 5) is 16.4. The average molecular weight is 377 g/mol. The molecule has 1 saturated heterocycles. The van der Waals surface area contributed by atoms with E-state index in [9.17, 15) is 4.79 Å². The minimum absolute atomic E-state index is 0.0302. The van der Waals surface area contributed by atoms with Gasteiger partial charge in [-0.15, -0.1) is 0 Å². The number of fused-ring (bicyclic) bond motifs is 1. The van der Waals surface area contributed by atoms with Crippen LogP contribution in [0.3, 0.4) is 0 Å². The number of benzene rings is 1.